The molecule has 0 saturated heterocycles. The first-order valence-electron chi connectivity index (χ1n) is 6.68. The average molecular weight is 308 g/mol. The molecule has 2 rings (SSSR count). The van der Waals surface area contributed by atoms with E-state index in [-0.39, 0.29) is 11.3 Å². The fourth-order valence-corrected chi connectivity index (χ4v) is 2.72. The minimum absolute atomic E-state index is 0.156. The zero-order chi connectivity index (χ0) is 15.2. The molecule has 0 bridgehead atoms. The quantitative estimate of drug-likeness (QED) is 0.658. The number of nitrogens with one attached hydrogen (secondary N) is 1. The summed E-state index contributed by atoms with van der Waals surface area (Å²) in [6, 6.07) is 6.33. The molecule has 0 saturated carbocycles. The van der Waals surface area contributed by atoms with E-state index in [9.17, 15) is 9.18 Å². The van der Waals surface area contributed by atoms with Crippen LogP contribution in [-0.4, -0.2) is 17.1 Å². The molecule has 0 spiro atoms. The van der Waals surface area contributed by atoms with Crippen LogP contribution in [0.15, 0.2) is 34.2 Å². The summed E-state index contributed by atoms with van der Waals surface area (Å²) in [6.07, 6.45) is 1.71. The Kier molecular flexibility index (Phi) is 5.38. The van der Waals surface area contributed by atoms with Crippen LogP contribution in [0.1, 0.15) is 24.6 Å². The van der Waals surface area contributed by atoms with Gasteiger partial charge < -0.3 is 9.72 Å². The molecule has 6 heteroatoms. The van der Waals surface area contributed by atoms with Gasteiger partial charge in [-0.05, 0) is 24.1 Å². The summed E-state index contributed by atoms with van der Waals surface area (Å²) in [5.74, 6) is 0.358. The molecule has 112 valence electrons. The number of aromatic amines is 1. The van der Waals surface area contributed by atoms with E-state index in [0.29, 0.717) is 10.9 Å². The summed E-state index contributed by atoms with van der Waals surface area (Å²) in [5.41, 5.74) is 1.43. The first kappa shape index (κ1) is 15.6. The van der Waals surface area contributed by atoms with Crippen molar-refractivity contribution in [3.05, 3.63) is 51.7 Å². The van der Waals surface area contributed by atoms with Gasteiger partial charge in [-0.1, -0.05) is 31.2 Å². The third-order valence-corrected chi connectivity index (χ3v) is 3.82. The number of hydrogen-bond acceptors (Lipinski definition) is 4. The fraction of sp³-hybridized carbons (Fsp3) is 0.333. The number of ether oxygens (including phenoxy) is 1. The Morgan fingerprint density at radius 3 is 2.86 bits per heavy atom. The van der Waals surface area contributed by atoms with Gasteiger partial charge in [-0.3, -0.25) is 4.79 Å². The smallest absolute Gasteiger partial charge is 0.251 e. The predicted octanol–water partition coefficient (Wildman–Crippen LogP) is 3.16. The highest BCUT2D eigenvalue weighted by Crippen LogP contribution is 2.23. The molecule has 0 aliphatic carbocycles. The average Bonchev–Trinajstić information content (AvgIpc) is 2.45. The Bertz CT molecular complexity index is 673. The van der Waals surface area contributed by atoms with Crippen LogP contribution in [0.2, 0.25) is 0 Å². The van der Waals surface area contributed by atoms with Crippen molar-refractivity contribution in [2.45, 2.75) is 30.7 Å². The molecule has 0 unspecified atom stereocenters. The van der Waals surface area contributed by atoms with Crippen molar-refractivity contribution in [1.29, 1.82) is 0 Å². The SMILES string of the molecule is CCCc1cc(=O)[nH]c(SCc2ccc(OC)c(F)c2)n1. The Labute approximate surface area is 126 Å². The van der Waals surface area contributed by atoms with Gasteiger partial charge in [-0.15, -0.1) is 0 Å². The normalized spacial score (nSPS) is 10.6. The summed E-state index contributed by atoms with van der Waals surface area (Å²) in [6.45, 7) is 2.04. The van der Waals surface area contributed by atoms with Gasteiger partial charge >= 0.3 is 0 Å². The molecule has 0 fully saturated rings. The third kappa shape index (κ3) is 4.32. The van der Waals surface area contributed by atoms with Crippen LogP contribution in [0.4, 0.5) is 4.39 Å². The lowest BCUT2D eigenvalue weighted by molar-refractivity contribution is 0.386. The number of rotatable bonds is 6. The summed E-state index contributed by atoms with van der Waals surface area (Å²) >= 11 is 1.38. The van der Waals surface area contributed by atoms with E-state index in [0.717, 1.165) is 24.1 Å². The van der Waals surface area contributed by atoms with Crippen LogP contribution < -0.4 is 10.3 Å². The molecule has 21 heavy (non-hydrogen) atoms. The van der Waals surface area contributed by atoms with Gasteiger partial charge in [0, 0.05) is 17.5 Å². The maximum atomic E-state index is 13.6. The highest BCUT2D eigenvalue weighted by molar-refractivity contribution is 7.98. The molecule has 4 nitrogen and oxygen atoms in total. The Morgan fingerprint density at radius 2 is 2.19 bits per heavy atom. The van der Waals surface area contributed by atoms with E-state index in [1.165, 1.54) is 31.0 Å². The minimum Gasteiger partial charge on any atom is -0.494 e. The summed E-state index contributed by atoms with van der Waals surface area (Å²) in [7, 11) is 1.43. The monoisotopic (exact) mass is 308 g/mol. The van der Waals surface area contributed by atoms with E-state index < -0.39 is 5.82 Å². The Balaban J connectivity index is 2.09. The van der Waals surface area contributed by atoms with Gasteiger partial charge in [0.25, 0.3) is 5.56 Å². The molecule has 0 aliphatic rings. The Morgan fingerprint density at radius 1 is 1.38 bits per heavy atom. The second-order valence-electron chi connectivity index (χ2n) is 4.55. The van der Waals surface area contributed by atoms with Crippen molar-refractivity contribution in [2.75, 3.05) is 7.11 Å². The first-order chi connectivity index (χ1) is 10.1. The second-order valence-corrected chi connectivity index (χ2v) is 5.51. The number of hydrogen-bond donors (Lipinski definition) is 1. The van der Waals surface area contributed by atoms with Crippen LogP contribution in [0, 0.1) is 5.82 Å². The van der Waals surface area contributed by atoms with Crippen LogP contribution in [0.5, 0.6) is 5.75 Å². The largest absolute Gasteiger partial charge is 0.494 e. The fourth-order valence-electron chi connectivity index (χ4n) is 1.89. The number of methoxy groups -OCH3 is 1. The molecule has 0 amide bonds. The highest BCUT2D eigenvalue weighted by Gasteiger charge is 2.06. The Hall–Kier alpha value is -1.82. The molecule has 1 N–H and O–H groups in total. The standard InChI is InChI=1S/C15H17FN2O2S/c1-3-4-11-8-14(19)18-15(17-11)21-9-10-5-6-13(20-2)12(16)7-10/h5-8H,3-4,9H2,1-2H3,(H,17,18,19). The van der Waals surface area contributed by atoms with Gasteiger partial charge in [-0.25, -0.2) is 9.37 Å². The lowest BCUT2D eigenvalue weighted by atomic mass is 10.2. The number of thioether (sulfide) groups is 1. The van der Waals surface area contributed by atoms with Gasteiger partial charge in [0.1, 0.15) is 0 Å². The number of nitrogens with zero attached hydrogens (tertiary/aromatic N) is 1. The van der Waals surface area contributed by atoms with Gasteiger partial charge in [0.05, 0.1) is 7.11 Å². The summed E-state index contributed by atoms with van der Waals surface area (Å²) < 4.78 is 18.5. The van der Waals surface area contributed by atoms with Crippen molar-refractivity contribution < 1.29 is 9.13 Å². The third-order valence-electron chi connectivity index (χ3n) is 2.87. The molecular weight excluding hydrogens is 291 g/mol. The molecular formula is C15H17FN2O2S. The molecule has 0 atom stereocenters. The maximum absolute atomic E-state index is 13.6. The van der Waals surface area contributed by atoms with Gasteiger partial charge in [-0.2, -0.15) is 0 Å². The summed E-state index contributed by atoms with van der Waals surface area (Å²) in [5, 5.41) is 0.558. The molecule has 2 aromatic rings. The lowest BCUT2D eigenvalue weighted by Gasteiger charge is -2.06. The number of halogens is 1. The maximum Gasteiger partial charge on any atom is 0.251 e. The van der Waals surface area contributed by atoms with E-state index in [1.807, 2.05) is 6.92 Å². The topological polar surface area (TPSA) is 55.0 Å². The molecule has 1 aromatic carbocycles. The first-order valence-corrected chi connectivity index (χ1v) is 7.66. The minimum atomic E-state index is -0.392. The van der Waals surface area contributed by atoms with E-state index in [4.69, 9.17) is 4.74 Å². The number of benzene rings is 1. The number of aryl methyl sites for hydroxylation is 1. The number of H-pyrrole nitrogens is 1. The van der Waals surface area contributed by atoms with Gasteiger partial charge in [0.2, 0.25) is 0 Å². The van der Waals surface area contributed by atoms with Crippen LogP contribution in [0.25, 0.3) is 0 Å². The molecule has 1 heterocycles. The van der Waals surface area contributed by atoms with Gasteiger partial charge in [0.15, 0.2) is 16.7 Å². The van der Waals surface area contributed by atoms with Crippen LogP contribution >= 0.6 is 11.8 Å². The zero-order valence-electron chi connectivity index (χ0n) is 12.0. The predicted molar refractivity (Wildman–Crippen MR) is 81.4 cm³/mol. The van der Waals surface area contributed by atoms with E-state index >= 15 is 0 Å². The van der Waals surface area contributed by atoms with Crippen molar-refractivity contribution in [3.63, 3.8) is 0 Å². The van der Waals surface area contributed by atoms with Crippen molar-refractivity contribution in [3.8, 4) is 5.75 Å². The van der Waals surface area contributed by atoms with Crippen LogP contribution in [0.3, 0.4) is 0 Å². The molecule has 0 radical (unpaired) electrons. The highest BCUT2D eigenvalue weighted by atomic mass is 32.2. The zero-order valence-corrected chi connectivity index (χ0v) is 12.8. The molecule has 1 aromatic heterocycles. The van der Waals surface area contributed by atoms with Crippen molar-refractivity contribution in [1.82, 2.24) is 9.97 Å². The summed E-state index contributed by atoms with van der Waals surface area (Å²) in [4.78, 5) is 18.6. The number of aromatic nitrogens is 2. The second kappa shape index (κ2) is 7.26. The van der Waals surface area contributed by atoms with E-state index in [2.05, 4.69) is 9.97 Å². The van der Waals surface area contributed by atoms with Crippen LogP contribution in [-0.2, 0) is 12.2 Å². The lowest BCUT2D eigenvalue weighted by Crippen LogP contribution is -2.09. The van der Waals surface area contributed by atoms with Crippen molar-refractivity contribution >= 4 is 11.8 Å². The molecule has 0 aliphatic heterocycles. The van der Waals surface area contributed by atoms with E-state index in [1.54, 1.807) is 12.1 Å². The van der Waals surface area contributed by atoms with Crippen molar-refractivity contribution in [2.24, 2.45) is 0 Å².